The maximum Gasteiger partial charge on any atom is 0.531 e. The molecule has 1 aromatic heterocycles. The van der Waals surface area contributed by atoms with Crippen molar-refractivity contribution in [1.82, 2.24) is 14.6 Å². The number of hydrogen-bond donors (Lipinski definition) is 0. The van der Waals surface area contributed by atoms with E-state index in [0.29, 0.717) is 17.5 Å². The van der Waals surface area contributed by atoms with Crippen LogP contribution in [0, 0.1) is 6.92 Å². The van der Waals surface area contributed by atoms with E-state index >= 15 is 0 Å². The van der Waals surface area contributed by atoms with Gasteiger partial charge in [0.05, 0.1) is 17.6 Å². The van der Waals surface area contributed by atoms with E-state index in [1.807, 2.05) is 69.6 Å². The van der Waals surface area contributed by atoms with Crippen molar-refractivity contribution in [1.29, 1.82) is 0 Å². The minimum Gasteiger partial charge on any atom is -0.377 e. The molecule has 2 heterocycles. The van der Waals surface area contributed by atoms with Gasteiger partial charge in [0.2, 0.25) is 5.69 Å². The second kappa shape index (κ2) is 6.47. The molecule has 4 rings (SSSR count). The van der Waals surface area contributed by atoms with E-state index in [1.165, 1.54) is 0 Å². The third-order valence-electron chi connectivity index (χ3n) is 4.24. The number of nitrogens with zero attached hydrogens (tertiary/aromatic N) is 4. The number of anilines is 1. The van der Waals surface area contributed by atoms with E-state index < -0.39 is 0 Å². The van der Waals surface area contributed by atoms with Crippen molar-refractivity contribution < 1.29 is 4.74 Å². The Hall–Kier alpha value is -3.43. The van der Waals surface area contributed by atoms with Gasteiger partial charge in [0, 0.05) is 30.0 Å². The van der Waals surface area contributed by atoms with Crippen LogP contribution in [-0.2, 0) is 4.74 Å². The highest BCUT2D eigenvalue weighted by Gasteiger charge is 2.37. The van der Waals surface area contributed by atoms with Gasteiger partial charge in [-0.05, 0) is 25.1 Å². The Balaban J connectivity index is 1.77. The summed E-state index contributed by atoms with van der Waals surface area (Å²) >= 11 is 0. The van der Waals surface area contributed by atoms with Crippen molar-refractivity contribution in [2.75, 3.05) is 19.0 Å². The molecule has 0 bridgehead atoms. The molecule has 1 aliphatic heterocycles. The Bertz CT molecular complexity index is 1030. The van der Waals surface area contributed by atoms with Crippen molar-refractivity contribution in [3.63, 3.8) is 0 Å². The second-order valence-electron chi connectivity index (χ2n) is 6.29. The molecule has 0 amide bonds. The number of ether oxygens (including phenoxy) is 1. The standard InChI is InChI=1S/C21H19N4O/c1-14-19(21-24-20(26-21)15-9-5-4-6-10-15)23-17(13-22-14)16-11-7-8-12-18(16)25(2)3/h4-13H,1-3H3/q+1. The van der Waals surface area contributed by atoms with Crippen LogP contribution in [0.25, 0.3) is 11.3 Å². The van der Waals surface area contributed by atoms with E-state index in [4.69, 9.17) is 9.72 Å². The van der Waals surface area contributed by atoms with Crippen LogP contribution in [0.2, 0.25) is 0 Å². The Labute approximate surface area is 152 Å². The lowest BCUT2D eigenvalue weighted by Crippen LogP contribution is -2.31. The van der Waals surface area contributed by atoms with Gasteiger partial charge in [0.1, 0.15) is 5.56 Å². The number of rotatable bonds is 4. The van der Waals surface area contributed by atoms with Gasteiger partial charge in [-0.25, -0.2) is 4.98 Å². The molecule has 0 saturated heterocycles. The number of hydrogen-bond acceptors (Lipinski definition) is 4. The van der Waals surface area contributed by atoms with Crippen LogP contribution >= 0.6 is 0 Å². The predicted octanol–water partition coefficient (Wildman–Crippen LogP) is 2.81. The predicted molar refractivity (Wildman–Crippen MR) is 104 cm³/mol. The number of benzene rings is 2. The van der Waals surface area contributed by atoms with Gasteiger partial charge in [-0.15, -0.1) is 0 Å². The van der Waals surface area contributed by atoms with Gasteiger partial charge < -0.3 is 9.64 Å². The molecule has 0 spiro atoms. The number of aryl methyl sites for hydroxylation is 1. The Kier molecular flexibility index (Phi) is 3.99. The Morgan fingerprint density at radius 1 is 0.923 bits per heavy atom. The minimum absolute atomic E-state index is 0.512. The van der Waals surface area contributed by atoms with Crippen LogP contribution in [0.4, 0.5) is 5.69 Å². The molecule has 0 N–H and O–H groups in total. The van der Waals surface area contributed by atoms with E-state index in [9.17, 15) is 0 Å². The van der Waals surface area contributed by atoms with Crippen LogP contribution in [-0.4, -0.2) is 35.9 Å². The summed E-state index contributed by atoms with van der Waals surface area (Å²) in [6.07, 6.45) is 1.79. The number of aromatic nitrogens is 2. The zero-order valence-corrected chi connectivity index (χ0v) is 15.0. The zero-order chi connectivity index (χ0) is 18.1. The number of para-hydroxylation sites is 1. The molecule has 5 nitrogen and oxygen atoms in total. The summed E-state index contributed by atoms with van der Waals surface area (Å²) in [7, 11) is 4.03. The molecule has 5 heteroatoms. The first-order valence-electron chi connectivity index (χ1n) is 8.43. The maximum atomic E-state index is 5.81. The van der Waals surface area contributed by atoms with E-state index in [0.717, 1.165) is 28.2 Å². The third-order valence-corrected chi connectivity index (χ3v) is 4.24. The SMILES string of the molecule is Cc1ncc(-c2ccccc2N(C)C)nc1C1=[N+]=C(c2ccccc2)O1. The van der Waals surface area contributed by atoms with Crippen LogP contribution < -0.4 is 9.57 Å². The largest absolute Gasteiger partial charge is 0.531 e. The fourth-order valence-electron chi connectivity index (χ4n) is 2.86. The van der Waals surface area contributed by atoms with Crippen molar-refractivity contribution in [2.24, 2.45) is 0 Å². The van der Waals surface area contributed by atoms with Crippen LogP contribution in [0.1, 0.15) is 17.0 Å². The first-order chi connectivity index (χ1) is 12.6. The molecule has 128 valence electrons. The maximum absolute atomic E-state index is 5.81. The molecule has 2 aromatic carbocycles. The summed E-state index contributed by atoms with van der Waals surface area (Å²) in [5, 5.41) is 0. The normalized spacial score (nSPS) is 12.6. The smallest absolute Gasteiger partial charge is 0.377 e. The summed E-state index contributed by atoms with van der Waals surface area (Å²) < 4.78 is 10.3. The summed E-state index contributed by atoms with van der Waals surface area (Å²) in [5.74, 6) is 1.12. The molecular formula is C21H19N4O+. The van der Waals surface area contributed by atoms with Gasteiger partial charge in [-0.1, -0.05) is 36.4 Å². The van der Waals surface area contributed by atoms with Gasteiger partial charge in [0.15, 0.2) is 0 Å². The summed E-state index contributed by atoms with van der Waals surface area (Å²) in [6.45, 7) is 1.91. The average Bonchev–Trinajstić information content (AvgIpc) is 2.63. The topological polar surface area (TPSA) is 52.4 Å². The van der Waals surface area contributed by atoms with Crippen molar-refractivity contribution in [3.8, 4) is 11.3 Å². The highest BCUT2D eigenvalue weighted by atomic mass is 16.5. The quantitative estimate of drug-likeness (QED) is 0.684. The van der Waals surface area contributed by atoms with E-state index in [1.54, 1.807) is 6.20 Å². The molecule has 0 unspecified atom stereocenters. The second-order valence-corrected chi connectivity index (χ2v) is 6.29. The molecule has 1 aliphatic rings. The minimum atomic E-state index is 0.512. The fourth-order valence-corrected chi connectivity index (χ4v) is 2.86. The summed E-state index contributed by atoms with van der Waals surface area (Å²) in [6, 6.07) is 18.0. The Morgan fingerprint density at radius 2 is 1.62 bits per heavy atom. The molecular weight excluding hydrogens is 324 g/mol. The van der Waals surface area contributed by atoms with Crippen molar-refractivity contribution in [3.05, 3.63) is 77.7 Å². The molecule has 0 aliphatic carbocycles. The average molecular weight is 343 g/mol. The van der Waals surface area contributed by atoms with Crippen LogP contribution in [0.3, 0.4) is 0 Å². The van der Waals surface area contributed by atoms with Gasteiger partial charge in [0.25, 0.3) is 0 Å². The third kappa shape index (κ3) is 2.85. The molecule has 0 saturated carbocycles. The highest BCUT2D eigenvalue weighted by Crippen LogP contribution is 2.28. The molecule has 0 atom stereocenters. The van der Waals surface area contributed by atoms with Gasteiger partial charge in [-0.2, -0.15) is 0 Å². The summed E-state index contributed by atoms with van der Waals surface area (Å²) in [4.78, 5) is 11.3. The van der Waals surface area contributed by atoms with E-state index in [-0.39, 0.29) is 0 Å². The fraction of sp³-hybridized carbons (Fsp3) is 0.143. The lowest BCUT2D eigenvalue weighted by Gasteiger charge is -2.17. The van der Waals surface area contributed by atoms with Gasteiger partial charge in [-0.3, -0.25) is 4.98 Å². The lowest BCUT2D eigenvalue weighted by atomic mass is 10.1. The Morgan fingerprint density at radius 3 is 2.35 bits per heavy atom. The molecule has 3 aromatic rings. The van der Waals surface area contributed by atoms with Crippen molar-refractivity contribution in [2.45, 2.75) is 6.92 Å². The monoisotopic (exact) mass is 343 g/mol. The van der Waals surface area contributed by atoms with E-state index in [2.05, 4.69) is 20.6 Å². The molecule has 0 radical (unpaired) electrons. The molecule has 26 heavy (non-hydrogen) atoms. The summed E-state index contributed by atoms with van der Waals surface area (Å²) in [5.41, 5.74) is 5.34. The highest BCUT2D eigenvalue weighted by molar-refractivity contribution is 6.14. The van der Waals surface area contributed by atoms with Crippen molar-refractivity contribution >= 4 is 17.5 Å². The lowest BCUT2D eigenvalue weighted by molar-refractivity contribution is 0.507. The molecule has 0 fully saturated rings. The zero-order valence-electron chi connectivity index (χ0n) is 15.0. The van der Waals surface area contributed by atoms with Crippen LogP contribution in [0.15, 0.2) is 60.8 Å². The first kappa shape index (κ1) is 16.1. The first-order valence-corrected chi connectivity index (χ1v) is 8.43. The van der Waals surface area contributed by atoms with Crippen LogP contribution in [0.5, 0.6) is 0 Å². The van der Waals surface area contributed by atoms with Gasteiger partial charge >= 0.3 is 11.8 Å².